The first-order valence-electron chi connectivity index (χ1n) is 4.58. The van der Waals surface area contributed by atoms with Gasteiger partial charge in [0.1, 0.15) is 5.69 Å². The van der Waals surface area contributed by atoms with E-state index in [4.69, 9.17) is 23.2 Å². The number of nitrogens with zero attached hydrogens (tertiary/aromatic N) is 1. The van der Waals surface area contributed by atoms with Crippen molar-refractivity contribution >= 4 is 29.5 Å². The van der Waals surface area contributed by atoms with Gasteiger partial charge in [0, 0.05) is 10.6 Å². The summed E-state index contributed by atoms with van der Waals surface area (Å²) in [5.41, 5.74) is 1.80. The van der Waals surface area contributed by atoms with Crippen molar-refractivity contribution in [1.29, 1.82) is 0 Å². The molecular weight excluding hydrogens is 245 g/mol. The largest absolute Gasteiger partial charge is 0.296 e. The number of carbonyl (C=O) groups is 1. The van der Waals surface area contributed by atoms with Crippen LogP contribution in [0.15, 0.2) is 36.4 Å². The van der Waals surface area contributed by atoms with E-state index in [0.29, 0.717) is 27.7 Å². The van der Waals surface area contributed by atoms with Gasteiger partial charge in [-0.2, -0.15) is 0 Å². The number of aldehydes is 1. The fourth-order valence-corrected chi connectivity index (χ4v) is 1.87. The molecule has 0 aliphatic carbocycles. The van der Waals surface area contributed by atoms with Crippen LogP contribution in [0.3, 0.4) is 0 Å². The summed E-state index contributed by atoms with van der Waals surface area (Å²) in [4.78, 5) is 14.8. The zero-order valence-corrected chi connectivity index (χ0v) is 9.66. The molecule has 2 rings (SSSR count). The van der Waals surface area contributed by atoms with Gasteiger partial charge in [0.05, 0.1) is 10.7 Å². The molecule has 0 aliphatic heterocycles. The van der Waals surface area contributed by atoms with E-state index in [1.54, 1.807) is 36.4 Å². The highest BCUT2D eigenvalue weighted by Gasteiger charge is 2.05. The Balaban J connectivity index is 2.53. The van der Waals surface area contributed by atoms with E-state index in [0.717, 1.165) is 5.56 Å². The third-order valence-corrected chi connectivity index (χ3v) is 2.65. The molecule has 1 aromatic carbocycles. The number of rotatable bonds is 2. The lowest BCUT2D eigenvalue weighted by atomic mass is 10.1. The predicted octanol–water partition coefficient (Wildman–Crippen LogP) is 3.87. The summed E-state index contributed by atoms with van der Waals surface area (Å²) in [6, 6.07) is 10.4. The van der Waals surface area contributed by atoms with Crippen molar-refractivity contribution in [2.45, 2.75) is 0 Å². The molecule has 0 amide bonds. The van der Waals surface area contributed by atoms with Gasteiger partial charge in [-0.05, 0) is 30.3 Å². The number of benzene rings is 1. The molecule has 0 atom stereocenters. The Hall–Kier alpha value is -1.38. The number of hydrogen-bond acceptors (Lipinski definition) is 2. The summed E-state index contributed by atoms with van der Waals surface area (Å²) in [6.07, 6.45) is 0.702. The Kier molecular flexibility index (Phi) is 3.22. The fourth-order valence-electron chi connectivity index (χ4n) is 1.36. The standard InChI is InChI=1S/C12H7Cl2NO/c13-8-4-5-10(11(14)6-8)12-3-1-2-9(7-16)15-12/h1-7H. The van der Waals surface area contributed by atoms with Gasteiger partial charge in [0.25, 0.3) is 0 Å². The first kappa shape index (κ1) is 11.1. The van der Waals surface area contributed by atoms with E-state index in [9.17, 15) is 4.79 Å². The molecule has 4 heteroatoms. The lowest BCUT2D eigenvalue weighted by Crippen LogP contribution is -1.90. The maximum atomic E-state index is 10.6. The molecule has 1 heterocycles. The van der Waals surface area contributed by atoms with E-state index in [1.165, 1.54) is 0 Å². The molecule has 16 heavy (non-hydrogen) atoms. The molecule has 0 N–H and O–H groups in total. The van der Waals surface area contributed by atoms with E-state index in [2.05, 4.69) is 4.98 Å². The van der Waals surface area contributed by atoms with Gasteiger partial charge in [-0.1, -0.05) is 29.3 Å². The van der Waals surface area contributed by atoms with Crippen molar-refractivity contribution in [2.75, 3.05) is 0 Å². The molecule has 0 unspecified atom stereocenters. The van der Waals surface area contributed by atoms with Gasteiger partial charge in [-0.15, -0.1) is 0 Å². The first-order chi connectivity index (χ1) is 7.70. The smallest absolute Gasteiger partial charge is 0.168 e. The van der Waals surface area contributed by atoms with Gasteiger partial charge in [0.15, 0.2) is 6.29 Å². The Morgan fingerprint density at radius 1 is 1.12 bits per heavy atom. The Morgan fingerprint density at radius 3 is 2.62 bits per heavy atom. The quantitative estimate of drug-likeness (QED) is 0.759. The minimum atomic E-state index is 0.378. The van der Waals surface area contributed by atoms with Crippen LogP contribution in [0.5, 0.6) is 0 Å². The molecule has 0 fully saturated rings. The monoisotopic (exact) mass is 251 g/mol. The van der Waals surface area contributed by atoms with Crippen LogP contribution in [0.2, 0.25) is 10.0 Å². The maximum Gasteiger partial charge on any atom is 0.168 e. The zero-order chi connectivity index (χ0) is 11.5. The molecule has 0 saturated heterocycles. The molecule has 2 nitrogen and oxygen atoms in total. The van der Waals surface area contributed by atoms with Crippen LogP contribution in [0.25, 0.3) is 11.3 Å². The van der Waals surface area contributed by atoms with Crippen molar-refractivity contribution < 1.29 is 4.79 Å². The highest BCUT2D eigenvalue weighted by molar-refractivity contribution is 6.36. The summed E-state index contributed by atoms with van der Waals surface area (Å²) in [6.45, 7) is 0. The number of halogens is 2. The highest BCUT2D eigenvalue weighted by Crippen LogP contribution is 2.28. The Morgan fingerprint density at radius 2 is 1.94 bits per heavy atom. The van der Waals surface area contributed by atoms with Crippen molar-refractivity contribution in [3.05, 3.63) is 52.1 Å². The van der Waals surface area contributed by atoms with Gasteiger partial charge < -0.3 is 0 Å². The van der Waals surface area contributed by atoms with Crippen molar-refractivity contribution in [1.82, 2.24) is 4.98 Å². The van der Waals surface area contributed by atoms with Crippen LogP contribution in [-0.4, -0.2) is 11.3 Å². The van der Waals surface area contributed by atoms with Gasteiger partial charge in [-0.3, -0.25) is 4.79 Å². The second-order valence-corrected chi connectivity index (χ2v) is 4.03. The molecule has 0 spiro atoms. The minimum Gasteiger partial charge on any atom is -0.296 e. The average molecular weight is 252 g/mol. The van der Waals surface area contributed by atoms with Crippen molar-refractivity contribution in [2.24, 2.45) is 0 Å². The maximum absolute atomic E-state index is 10.6. The van der Waals surface area contributed by atoms with Gasteiger partial charge >= 0.3 is 0 Å². The number of pyridine rings is 1. The number of carbonyl (C=O) groups excluding carboxylic acids is 1. The van der Waals surface area contributed by atoms with E-state index < -0.39 is 0 Å². The fraction of sp³-hybridized carbons (Fsp3) is 0. The Bertz CT molecular complexity index is 540. The van der Waals surface area contributed by atoms with E-state index in [-0.39, 0.29) is 0 Å². The van der Waals surface area contributed by atoms with Gasteiger partial charge in [-0.25, -0.2) is 4.98 Å². The van der Waals surface area contributed by atoms with E-state index in [1.807, 2.05) is 0 Å². The molecule has 1 aromatic heterocycles. The third-order valence-electron chi connectivity index (χ3n) is 2.10. The van der Waals surface area contributed by atoms with Crippen LogP contribution in [0.4, 0.5) is 0 Å². The summed E-state index contributed by atoms with van der Waals surface area (Å²) < 4.78 is 0. The molecular formula is C12H7Cl2NO. The number of hydrogen-bond donors (Lipinski definition) is 0. The molecule has 2 aromatic rings. The Labute approximate surface area is 103 Å². The second kappa shape index (κ2) is 4.64. The van der Waals surface area contributed by atoms with Crippen LogP contribution < -0.4 is 0 Å². The highest BCUT2D eigenvalue weighted by atomic mass is 35.5. The SMILES string of the molecule is O=Cc1cccc(-c2ccc(Cl)cc2Cl)n1. The van der Waals surface area contributed by atoms with Crippen LogP contribution in [-0.2, 0) is 0 Å². The van der Waals surface area contributed by atoms with Crippen LogP contribution in [0, 0.1) is 0 Å². The summed E-state index contributed by atoms with van der Waals surface area (Å²) in [5.74, 6) is 0. The first-order valence-corrected chi connectivity index (χ1v) is 5.34. The van der Waals surface area contributed by atoms with Crippen LogP contribution in [0.1, 0.15) is 10.5 Å². The van der Waals surface area contributed by atoms with E-state index >= 15 is 0 Å². The van der Waals surface area contributed by atoms with Crippen LogP contribution >= 0.6 is 23.2 Å². The summed E-state index contributed by atoms with van der Waals surface area (Å²) in [5, 5.41) is 1.09. The molecule has 0 saturated carbocycles. The van der Waals surface area contributed by atoms with Crippen molar-refractivity contribution in [3.63, 3.8) is 0 Å². The molecule has 80 valence electrons. The van der Waals surface area contributed by atoms with Crippen molar-refractivity contribution in [3.8, 4) is 11.3 Å². The summed E-state index contributed by atoms with van der Waals surface area (Å²) in [7, 11) is 0. The molecule has 0 radical (unpaired) electrons. The normalized spacial score (nSPS) is 10.1. The summed E-state index contributed by atoms with van der Waals surface area (Å²) >= 11 is 11.8. The minimum absolute atomic E-state index is 0.378. The molecule has 0 bridgehead atoms. The topological polar surface area (TPSA) is 30.0 Å². The second-order valence-electron chi connectivity index (χ2n) is 3.19. The lowest BCUT2D eigenvalue weighted by Gasteiger charge is -2.04. The number of aromatic nitrogens is 1. The predicted molar refractivity (Wildman–Crippen MR) is 65.1 cm³/mol. The lowest BCUT2D eigenvalue weighted by molar-refractivity contribution is 0.111. The van der Waals surface area contributed by atoms with Gasteiger partial charge in [0.2, 0.25) is 0 Å². The molecule has 0 aliphatic rings. The third kappa shape index (κ3) is 2.23. The average Bonchev–Trinajstić information content (AvgIpc) is 2.29. The zero-order valence-electron chi connectivity index (χ0n) is 8.15.